The van der Waals surface area contributed by atoms with E-state index in [4.69, 9.17) is 17.0 Å². The van der Waals surface area contributed by atoms with Crippen LogP contribution in [0.3, 0.4) is 0 Å². The van der Waals surface area contributed by atoms with Crippen molar-refractivity contribution in [3.63, 3.8) is 0 Å². The van der Waals surface area contributed by atoms with Crippen molar-refractivity contribution in [3.8, 4) is 5.75 Å². The summed E-state index contributed by atoms with van der Waals surface area (Å²) in [5, 5.41) is 2.79. The Morgan fingerprint density at radius 2 is 2.19 bits per heavy atom. The number of hydrogen-bond acceptors (Lipinski definition) is 3. The zero-order valence-electron chi connectivity index (χ0n) is 8.84. The quantitative estimate of drug-likeness (QED) is 0.630. The minimum absolute atomic E-state index is 0.144. The van der Waals surface area contributed by atoms with Crippen LogP contribution in [0, 0.1) is 0 Å². The van der Waals surface area contributed by atoms with Gasteiger partial charge in [-0.05, 0) is 24.4 Å². The molecule has 5 nitrogen and oxygen atoms in total. The molecule has 0 saturated heterocycles. The van der Waals surface area contributed by atoms with E-state index in [0.29, 0.717) is 11.4 Å². The number of ether oxygens (including phenoxy) is 1. The van der Waals surface area contributed by atoms with Gasteiger partial charge in [-0.2, -0.15) is 0 Å². The fourth-order valence-corrected chi connectivity index (χ4v) is 2.01. The van der Waals surface area contributed by atoms with Gasteiger partial charge in [-0.3, -0.25) is 4.55 Å². The van der Waals surface area contributed by atoms with Crippen LogP contribution in [0.5, 0.6) is 5.75 Å². The van der Waals surface area contributed by atoms with Crippen molar-refractivity contribution in [1.29, 1.82) is 0 Å². The van der Waals surface area contributed by atoms with Crippen LogP contribution in [0.1, 0.15) is 0 Å². The van der Waals surface area contributed by atoms with Crippen molar-refractivity contribution in [2.75, 3.05) is 18.5 Å². The Labute approximate surface area is 102 Å². The molecule has 1 aromatic carbocycles. The molecule has 0 radical (unpaired) electrons. The second-order valence-electron chi connectivity index (χ2n) is 2.75. The summed E-state index contributed by atoms with van der Waals surface area (Å²) < 4.78 is 26.6. The van der Waals surface area contributed by atoms with Crippen molar-refractivity contribution < 1.29 is 13.5 Å². The van der Waals surface area contributed by atoms with Crippen LogP contribution in [0.25, 0.3) is 0 Å². The summed E-state index contributed by atoms with van der Waals surface area (Å²) in [7, 11) is 3.07. The SMILES string of the molecule is CNC(=S)N(c1ccccc1OC)S(=O)O. The predicted molar refractivity (Wildman–Crippen MR) is 67.9 cm³/mol. The maximum atomic E-state index is 11.2. The summed E-state index contributed by atoms with van der Waals surface area (Å²) in [5.74, 6) is 0.475. The molecule has 0 amide bonds. The second kappa shape index (κ2) is 5.78. The van der Waals surface area contributed by atoms with Crippen LogP contribution in [0.2, 0.25) is 0 Å². The Morgan fingerprint density at radius 3 is 2.69 bits per heavy atom. The average Bonchev–Trinajstić information content (AvgIpc) is 2.29. The summed E-state index contributed by atoms with van der Waals surface area (Å²) in [4.78, 5) is 0. The first-order chi connectivity index (χ1) is 7.61. The van der Waals surface area contributed by atoms with Crippen LogP contribution in [0.4, 0.5) is 5.69 Å². The van der Waals surface area contributed by atoms with Gasteiger partial charge < -0.3 is 10.1 Å². The first kappa shape index (κ1) is 12.9. The third-order valence-electron chi connectivity index (χ3n) is 1.86. The molecular weight excluding hydrogens is 248 g/mol. The van der Waals surface area contributed by atoms with Crippen LogP contribution >= 0.6 is 12.2 Å². The predicted octanol–water partition coefficient (Wildman–Crippen LogP) is 1.14. The molecule has 0 aliphatic carbocycles. The molecule has 0 heterocycles. The number of thiocarbonyl (C=S) groups is 1. The highest BCUT2D eigenvalue weighted by Gasteiger charge is 2.20. The summed E-state index contributed by atoms with van der Waals surface area (Å²) in [6.07, 6.45) is 0. The molecule has 0 bridgehead atoms. The number of hydrogen-bond donors (Lipinski definition) is 2. The van der Waals surface area contributed by atoms with E-state index in [1.54, 1.807) is 31.3 Å². The van der Waals surface area contributed by atoms with Gasteiger partial charge >= 0.3 is 0 Å². The zero-order valence-corrected chi connectivity index (χ0v) is 10.5. The maximum absolute atomic E-state index is 11.2. The van der Waals surface area contributed by atoms with E-state index in [-0.39, 0.29) is 5.11 Å². The highest BCUT2D eigenvalue weighted by Crippen LogP contribution is 2.28. The lowest BCUT2D eigenvalue weighted by atomic mass is 10.3. The van der Waals surface area contributed by atoms with E-state index in [2.05, 4.69) is 5.32 Å². The fourth-order valence-electron chi connectivity index (χ4n) is 1.16. The molecule has 1 atom stereocenters. The molecule has 0 spiro atoms. The monoisotopic (exact) mass is 260 g/mol. The summed E-state index contributed by atoms with van der Waals surface area (Å²) in [6, 6.07) is 6.84. The lowest BCUT2D eigenvalue weighted by Crippen LogP contribution is -2.39. The standard InChI is InChI=1S/C9H12N2O3S2/c1-10-9(15)11(16(12)13)7-5-3-4-6-8(7)14-2/h3-6H,1-2H3,(H,10,15)(H,12,13). The van der Waals surface area contributed by atoms with Crippen LogP contribution < -0.4 is 14.4 Å². The molecular formula is C9H12N2O3S2. The highest BCUT2D eigenvalue weighted by atomic mass is 32.2. The van der Waals surface area contributed by atoms with Gasteiger partial charge in [0, 0.05) is 7.05 Å². The highest BCUT2D eigenvalue weighted by molar-refractivity contribution is 7.86. The molecule has 0 fully saturated rings. The molecule has 2 N–H and O–H groups in total. The third kappa shape index (κ3) is 2.69. The molecule has 1 aromatic rings. The Bertz CT molecular complexity index is 411. The normalized spacial score (nSPS) is 11.7. The van der Waals surface area contributed by atoms with Crippen molar-refractivity contribution in [3.05, 3.63) is 24.3 Å². The number of para-hydroxylation sites is 2. The van der Waals surface area contributed by atoms with E-state index in [0.717, 1.165) is 4.31 Å². The molecule has 0 aromatic heterocycles. The summed E-state index contributed by atoms with van der Waals surface area (Å²) >= 11 is 2.70. The van der Waals surface area contributed by atoms with E-state index in [9.17, 15) is 8.76 Å². The van der Waals surface area contributed by atoms with Gasteiger partial charge in [0.2, 0.25) is 0 Å². The average molecular weight is 260 g/mol. The first-order valence-corrected chi connectivity index (χ1v) is 5.84. The Morgan fingerprint density at radius 1 is 1.56 bits per heavy atom. The van der Waals surface area contributed by atoms with Gasteiger partial charge in [0.1, 0.15) is 11.4 Å². The number of nitrogens with one attached hydrogen (secondary N) is 1. The molecule has 0 aliphatic rings. The van der Waals surface area contributed by atoms with E-state index in [1.165, 1.54) is 7.11 Å². The minimum Gasteiger partial charge on any atom is -0.495 e. The second-order valence-corrected chi connectivity index (χ2v) is 3.97. The lowest BCUT2D eigenvalue weighted by molar-refractivity contribution is 0.416. The molecule has 1 rings (SSSR count). The largest absolute Gasteiger partial charge is 0.495 e. The van der Waals surface area contributed by atoms with Crippen LogP contribution in [-0.2, 0) is 11.3 Å². The third-order valence-corrected chi connectivity index (χ3v) is 3.05. The summed E-state index contributed by atoms with van der Waals surface area (Å²) in [6.45, 7) is 0. The van der Waals surface area contributed by atoms with E-state index < -0.39 is 11.3 Å². The first-order valence-electron chi connectivity index (χ1n) is 4.37. The topological polar surface area (TPSA) is 61.8 Å². The smallest absolute Gasteiger partial charge is 0.268 e. The summed E-state index contributed by atoms with van der Waals surface area (Å²) in [5.41, 5.74) is 0.435. The number of benzene rings is 1. The van der Waals surface area contributed by atoms with Crippen LogP contribution in [0.15, 0.2) is 24.3 Å². The van der Waals surface area contributed by atoms with E-state index in [1.807, 2.05) is 0 Å². The zero-order chi connectivity index (χ0) is 12.1. The van der Waals surface area contributed by atoms with Gasteiger partial charge in [0.15, 0.2) is 5.11 Å². The van der Waals surface area contributed by atoms with Crippen molar-refractivity contribution in [1.82, 2.24) is 5.32 Å². The fraction of sp³-hybridized carbons (Fsp3) is 0.222. The molecule has 7 heteroatoms. The maximum Gasteiger partial charge on any atom is 0.268 e. The van der Waals surface area contributed by atoms with Crippen LogP contribution in [-0.4, -0.2) is 28.0 Å². The number of anilines is 1. The Kier molecular flexibility index (Phi) is 4.66. The molecule has 1 unspecified atom stereocenters. The van der Waals surface area contributed by atoms with Gasteiger partial charge in [-0.15, -0.1) is 0 Å². The molecule has 0 saturated carbocycles. The van der Waals surface area contributed by atoms with Gasteiger partial charge in [-0.25, -0.2) is 8.51 Å². The molecule has 16 heavy (non-hydrogen) atoms. The van der Waals surface area contributed by atoms with Gasteiger partial charge in [0.25, 0.3) is 11.3 Å². The van der Waals surface area contributed by atoms with Crippen molar-refractivity contribution in [2.45, 2.75) is 0 Å². The Hall–Kier alpha value is -1.18. The van der Waals surface area contributed by atoms with Gasteiger partial charge in [0.05, 0.1) is 7.11 Å². The van der Waals surface area contributed by atoms with Crippen molar-refractivity contribution >= 4 is 34.3 Å². The Balaban J connectivity index is 3.20. The number of methoxy groups -OCH3 is 1. The number of nitrogens with zero attached hydrogens (tertiary/aromatic N) is 1. The molecule has 0 aliphatic heterocycles. The minimum atomic E-state index is -2.25. The van der Waals surface area contributed by atoms with Crippen molar-refractivity contribution in [2.24, 2.45) is 0 Å². The van der Waals surface area contributed by atoms with E-state index >= 15 is 0 Å². The van der Waals surface area contributed by atoms with Gasteiger partial charge in [-0.1, -0.05) is 12.1 Å². The lowest BCUT2D eigenvalue weighted by Gasteiger charge is -2.21. The number of rotatable bonds is 3. The molecule has 88 valence electrons.